The Balaban J connectivity index is 1.54. The van der Waals surface area contributed by atoms with Crippen molar-refractivity contribution in [3.8, 4) is 22.6 Å². The average Bonchev–Trinajstić information content (AvgIpc) is 3.17. The van der Waals surface area contributed by atoms with Crippen LogP contribution in [0.2, 0.25) is 0 Å². The fourth-order valence-corrected chi connectivity index (χ4v) is 4.75. The summed E-state index contributed by atoms with van der Waals surface area (Å²) in [5.41, 5.74) is 2.80. The van der Waals surface area contributed by atoms with Gasteiger partial charge in [0.15, 0.2) is 5.76 Å². The number of nitrogens with zero attached hydrogens (tertiary/aromatic N) is 2. The van der Waals surface area contributed by atoms with E-state index in [1.54, 1.807) is 0 Å². The smallest absolute Gasteiger partial charge is 0.257 e. The highest BCUT2D eigenvalue weighted by molar-refractivity contribution is 7.99. The van der Waals surface area contributed by atoms with Gasteiger partial charge in [-0.1, -0.05) is 86.3 Å². The molecule has 2 aromatic carbocycles. The van der Waals surface area contributed by atoms with E-state index >= 15 is 0 Å². The van der Waals surface area contributed by atoms with Crippen LogP contribution in [0.25, 0.3) is 22.6 Å². The van der Waals surface area contributed by atoms with Gasteiger partial charge in [-0.05, 0) is 18.3 Å². The van der Waals surface area contributed by atoms with Gasteiger partial charge in [0.2, 0.25) is 5.91 Å². The summed E-state index contributed by atoms with van der Waals surface area (Å²) in [6.45, 7) is 6.13. The fraction of sp³-hybridized carbons (Fsp3) is 0.333. The summed E-state index contributed by atoms with van der Waals surface area (Å²) in [5, 5.41) is 0.536. The summed E-state index contributed by atoms with van der Waals surface area (Å²) in [7, 11) is 0. The summed E-state index contributed by atoms with van der Waals surface area (Å²) in [4.78, 5) is 19.5. The van der Waals surface area contributed by atoms with Crippen molar-refractivity contribution in [2.24, 2.45) is 11.8 Å². The number of hydrogen-bond donors (Lipinski definition) is 0. The lowest BCUT2D eigenvalue weighted by Crippen LogP contribution is -2.43. The number of rotatable bonds is 5. The van der Waals surface area contributed by atoms with Crippen LogP contribution < -0.4 is 0 Å². The Morgan fingerprint density at radius 3 is 2.21 bits per heavy atom. The van der Waals surface area contributed by atoms with Crippen molar-refractivity contribution >= 4 is 17.7 Å². The maximum atomic E-state index is 12.7. The predicted molar refractivity (Wildman–Crippen MR) is 118 cm³/mol. The zero-order valence-corrected chi connectivity index (χ0v) is 17.7. The zero-order valence-electron chi connectivity index (χ0n) is 16.9. The number of oxazole rings is 1. The molecular formula is C24H26N2O2S. The molecule has 1 fully saturated rings. The molecule has 0 saturated carbocycles. The molecule has 2 heterocycles. The van der Waals surface area contributed by atoms with E-state index < -0.39 is 0 Å². The molecule has 5 heteroatoms. The minimum absolute atomic E-state index is 0.161. The highest BCUT2D eigenvalue weighted by Gasteiger charge is 2.26. The van der Waals surface area contributed by atoms with Crippen LogP contribution in [-0.2, 0) is 4.79 Å². The maximum Gasteiger partial charge on any atom is 0.257 e. The predicted octanol–water partition coefficient (Wildman–Crippen LogP) is 5.61. The number of likely N-dealkylation sites (tertiary alicyclic amines) is 1. The normalized spacial score (nSPS) is 19.3. The molecular weight excluding hydrogens is 380 g/mol. The van der Waals surface area contributed by atoms with E-state index in [9.17, 15) is 4.79 Å². The molecule has 1 aliphatic rings. The van der Waals surface area contributed by atoms with Gasteiger partial charge >= 0.3 is 0 Å². The minimum atomic E-state index is 0.161. The van der Waals surface area contributed by atoms with Gasteiger partial charge in [0.05, 0.1) is 5.75 Å². The van der Waals surface area contributed by atoms with Crippen molar-refractivity contribution in [1.29, 1.82) is 0 Å². The Kier molecular flexibility index (Phi) is 6.05. The first-order chi connectivity index (χ1) is 14.1. The van der Waals surface area contributed by atoms with E-state index in [2.05, 4.69) is 13.8 Å². The van der Waals surface area contributed by atoms with Gasteiger partial charge in [0.25, 0.3) is 5.22 Å². The molecule has 1 amide bonds. The highest BCUT2D eigenvalue weighted by Crippen LogP contribution is 2.35. The number of amides is 1. The largest absolute Gasteiger partial charge is 0.431 e. The number of benzene rings is 2. The van der Waals surface area contributed by atoms with Crippen LogP contribution in [0.5, 0.6) is 0 Å². The molecule has 2 atom stereocenters. The van der Waals surface area contributed by atoms with Gasteiger partial charge in [0, 0.05) is 24.2 Å². The van der Waals surface area contributed by atoms with Crippen molar-refractivity contribution < 1.29 is 9.21 Å². The van der Waals surface area contributed by atoms with Gasteiger partial charge in [-0.15, -0.1) is 0 Å². The molecule has 1 saturated heterocycles. The molecule has 4 rings (SSSR count). The van der Waals surface area contributed by atoms with E-state index in [0.717, 1.165) is 35.7 Å². The first kappa shape index (κ1) is 19.8. The second-order valence-corrected chi connectivity index (χ2v) is 8.85. The fourth-order valence-electron chi connectivity index (χ4n) is 4.02. The van der Waals surface area contributed by atoms with Gasteiger partial charge < -0.3 is 9.32 Å². The van der Waals surface area contributed by atoms with Crippen molar-refractivity contribution in [3.05, 3.63) is 60.7 Å². The quantitative estimate of drug-likeness (QED) is 0.517. The molecule has 0 spiro atoms. The number of aromatic nitrogens is 1. The van der Waals surface area contributed by atoms with Crippen LogP contribution in [0.15, 0.2) is 70.3 Å². The lowest BCUT2D eigenvalue weighted by Gasteiger charge is -2.34. The van der Waals surface area contributed by atoms with E-state index in [1.807, 2.05) is 65.6 Å². The standard InChI is InChI=1S/C24H26N2O2S/c1-17-13-18(2)15-26(14-17)21(27)16-29-24-25-22(19-9-5-3-6-10-19)23(28-24)20-11-7-4-8-12-20/h3-12,17-18H,13-16H2,1-2H3/t17-,18-/m1/s1. The summed E-state index contributed by atoms with van der Waals surface area (Å²) >= 11 is 1.38. The van der Waals surface area contributed by atoms with E-state index in [1.165, 1.54) is 18.2 Å². The number of carbonyl (C=O) groups is 1. The van der Waals surface area contributed by atoms with Gasteiger partial charge in [-0.2, -0.15) is 0 Å². The van der Waals surface area contributed by atoms with Crippen LogP contribution in [0.3, 0.4) is 0 Å². The summed E-state index contributed by atoms with van der Waals surface area (Å²) in [6.07, 6.45) is 1.19. The molecule has 0 bridgehead atoms. The molecule has 29 heavy (non-hydrogen) atoms. The molecule has 4 nitrogen and oxygen atoms in total. The van der Waals surface area contributed by atoms with E-state index in [-0.39, 0.29) is 5.91 Å². The number of carbonyl (C=O) groups excluding carboxylic acids is 1. The Labute approximate surface area is 176 Å². The van der Waals surface area contributed by atoms with Gasteiger partial charge in [-0.3, -0.25) is 4.79 Å². The lowest BCUT2D eigenvalue weighted by atomic mass is 9.92. The van der Waals surface area contributed by atoms with Crippen LogP contribution >= 0.6 is 11.8 Å². The highest BCUT2D eigenvalue weighted by atomic mass is 32.2. The topological polar surface area (TPSA) is 46.3 Å². The lowest BCUT2D eigenvalue weighted by molar-refractivity contribution is -0.130. The Morgan fingerprint density at radius 1 is 1.00 bits per heavy atom. The van der Waals surface area contributed by atoms with Crippen molar-refractivity contribution in [2.45, 2.75) is 25.5 Å². The Bertz CT molecular complexity index is 889. The monoisotopic (exact) mass is 406 g/mol. The number of piperidine rings is 1. The second-order valence-electron chi connectivity index (χ2n) is 7.92. The van der Waals surface area contributed by atoms with Crippen LogP contribution in [0.4, 0.5) is 0 Å². The SMILES string of the molecule is C[C@@H]1C[C@@H](C)CN(C(=O)CSc2nc(-c3ccccc3)c(-c3ccccc3)o2)C1. The van der Waals surface area contributed by atoms with Crippen molar-refractivity contribution in [3.63, 3.8) is 0 Å². The van der Waals surface area contributed by atoms with Gasteiger partial charge in [0.1, 0.15) is 5.69 Å². The molecule has 1 aliphatic heterocycles. The first-order valence-corrected chi connectivity index (χ1v) is 11.1. The van der Waals surface area contributed by atoms with E-state index in [4.69, 9.17) is 9.40 Å². The molecule has 0 aliphatic carbocycles. The number of hydrogen-bond acceptors (Lipinski definition) is 4. The molecule has 1 aromatic heterocycles. The van der Waals surface area contributed by atoms with Crippen LogP contribution in [0.1, 0.15) is 20.3 Å². The Hall–Kier alpha value is -2.53. The average molecular weight is 407 g/mol. The summed E-state index contributed by atoms with van der Waals surface area (Å²) in [6, 6.07) is 20.0. The second kappa shape index (κ2) is 8.87. The third-order valence-electron chi connectivity index (χ3n) is 5.23. The van der Waals surface area contributed by atoms with Crippen molar-refractivity contribution in [1.82, 2.24) is 9.88 Å². The third-order valence-corrected chi connectivity index (χ3v) is 6.04. The number of thioether (sulfide) groups is 1. The maximum absolute atomic E-state index is 12.7. The Morgan fingerprint density at radius 2 is 1.59 bits per heavy atom. The zero-order chi connectivity index (χ0) is 20.2. The molecule has 0 unspecified atom stereocenters. The first-order valence-electron chi connectivity index (χ1n) is 10.1. The molecule has 150 valence electrons. The van der Waals surface area contributed by atoms with Gasteiger partial charge in [-0.25, -0.2) is 4.98 Å². The molecule has 3 aromatic rings. The third kappa shape index (κ3) is 4.73. The van der Waals surface area contributed by atoms with Crippen LogP contribution in [-0.4, -0.2) is 34.6 Å². The van der Waals surface area contributed by atoms with Crippen LogP contribution in [0, 0.1) is 11.8 Å². The minimum Gasteiger partial charge on any atom is -0.431 e. The van der Waals surface area contributed by atoms with E-state index in [0.29, 0.717) is 22.8 Å². The summed E-state index contributed by atoms with van der Waals surface area (Å²) in [5.74, 6) is 2.37. The molecule has 0 radical (unpaired) electrons. The molecule has 0 N–H and O–H groups in total. The summed E-state index contributed by atoms with van der Waals surface area (Å²) < 4.78 is 6.12. The van der Waals surface area contributed by atoms with Crippen molar-refractivity contribution in [2.75, 3.05) is 18.8 Å².